The number of amides is 1. The Bertz CT molecular complexity index is 2260. The van der Waals surface area contributed by atoms with E-state index in [0.29, 0.717) is 37.9 Å². The molecule has 0 aliphatic carbocycles. The number of anilines is 2. The van der Waals surface area contributed by atoms with Crippen molar-refractivity contribution in [1.29, 1.82) is 0 Å². The van der Waals surface area contributed by atoms with Crippen LogP contribution in [0.3, 0.4) is 0 Å². The Morgan fingerprint density at radius 2 is 0.974 bits per heavy atom. The molecule has 0 bridgehead atoms. The fourth-order valence-electron chi connectivity index (χ4n) is 11.9. The predicted molar refractivity (Wildman–Crippen MR) is 256 cm³/mol. The van der Waals surface area contributed by atoms with Crippen molar-refractivity contribution in [2.24, 2.45) is 0 Å². The lowest BCUT2D eigenvalue weighted by Crippen LogP contribution is -2.54. The quantitative estimate of drug-likeness (QED) is 0.177. The standard InChI is InChI=1S/C26H33F6N3O4.C22H33N3O2.C3H2F6O/c1-17-13-18(15-19(14-17)35-10-3-2-5-20(35)21(36)37)16-34-9-4-6-24(34)7-11-33(12-8-24)23(38)39-22(25(27,28)29)26(30,31)32;1-17-13-18(16-24-11-4-6-22(24)7-9-23-10-8-22)15-19(14-17)25-12-3-2-5-20(25)21(26)27;4-2(5,6)1(10)3(7,8)9/h13-15,20,22H,2-12,16H2,1H3,(H,36,37);13-15,20,23H,2-12,16H2,1H3,(H,26,27);1,10H/t20-;;/m0../s1. The first-order chi connectivity index (χ1) is 35.4. The molecule has 76 heavy (non-hydrogen) atoms. The molecule has 0 saturated carbocycles. The lowest BCUT2D eigenvalue weighted by atomic mass is 9.84. The van der Waals surface area contributed by atoms with E-state index < -0.39 is 61.0 Å². The van der Waals surface area contributed by atoms with Gasteiger partial charge in [0.05, 0.1) is 0 Å². The summed E-state index contributed by atoms with van der Waals surface area (Å²) >= 11 is 0. The number of piperidine rings is 4. The first-order valence-corrected chi connectivity index (χ1v) is 25.7. The molecule has 25 heteroatoms. The fraction of sp³-hybridized carbons (Fsp3) is 0.706. The van der Waals surface area contributed by atoms with E-state index in [9.17, 15) is 77.3 Å². The molecular weight excluding hydrogens is 1040 g/mol. The van der Waals surface area contributed by atoms with Crippen molar-refractivity contribution in [3.05, 3.63) is 58.7 Å². The molecule has 428 valence electrons. The number of likely N-dealkylation sites (tertiary alicyclic amines) is 3. The van der Waals surface area contributed by atoms with E-state index in [4.69, 9.17) is 5.11 Å². The topological polar surface area (TPSA) is 149 Å². The number of carboxylic acid groups (broad SMARTS) is 2. The van der Waals surface area contributed by atoms with Crippen LogP contribution in [-0.2, 0) is 27.4 Å². The largest absolute Gasteiger partial charge is 0.480 e. The van der Waals surface area contributed by atoms with Crippen molar-refractivity contribution in [2.75, 3.05) is 62.2 Å². The van der Waals surface area contributed by atoms with Crippen LogP contribution < -0.4 is 15.1 Å². The van der Waals surface area contributed by atoms with Gasteiger partial charge in [-0.15, -0.1) is 0 Å². The second-order valence-electron chi connectivity index (χ2n) is 21.0. The number of aliphatic hydroxyl groups excluding tert-OH is 1. The van der Waals surface area contributed by atoms with Crippen LogP contribution in [0.4, 0.5) is 68.9 Å². The van der Waals surface area contributed by atoms with Gasteiger partial charge in [-0.25, -0.2) is 14.4 Å². The Hall–Kier alpha value is -4.75. The Balaban J connectivity index is 0.000000218. The molecule has 0 radical (unpaired) electrons. The van der Waals surface area contributed by atoms with Crippen LogP contribution in [0.5, 0.6) is 0 Å². The summed E-state index contributed by atoms with van der Waals surface area (Å²) in [5.74, 6) is -1.54. The summed E-state index contributed by atoms with van der Waals surface area (Å²) in [6.07, 6.45) is -20.0. The van der Waals surface area contributed by atoms with Gasteiger partial charge in [0.2, 0.25) is 6.10 Å². The molecule has 6 aliphatic rings. The number of aryl methyl sites for hydroxylation is 2. The Kier molecular flexibility index (Phi) is 19.5. The number of halogens is 12. The van der Waals surface area contributed by atoms with E-state index in [0.717, 1.165) is 105 Å². The first kappa shape index (κ1) is 60.5. The molecule has 1 unspecified atom stereocenters. The number of alkyl halides is 12. The molecule has 2 aromatic carbocycles. The number of carboxylic acids is 2. The molecule has 13 nitrogen and oxygen atoms in total. The summed E-state index contributed by atoms with van der Waals surface area (Å²) in [5.41, 5.74) is 6.55. The number of nitrogens with zero attached hydrogens (tertiary/aromatic N) is 5. The molecular formula is C51H68F12N6O7. The Labute approximate surface area is 433 Å². The highest BCUT2D eigenvalue weighted by Crippen LogP contribution is 2.43. The molecule has 6 heterocycles. The van der Waals surface area contributed by atoms with E-state index in [1.807, 2.05) is 30.0 Å². The zero-order chi connectivity index (χ0) is 56.0. The zero-order valence-electron chi connectivity index (χ0n) is 42.5. The van der Waals surface area contributed by atoms with Crippen LogP contribution in [0.15, 0.2) is 36.4 Å². The number of carbonyl (C=O) groups excluding carboxylic acids is 1. The second kappa shape index (κ2) is 24.5. The average molecular weight is 1110 g/mol. The lowest BCUT2D eigenvalue weighted by Gasteiger charge is -2.45. The monoisotopic (exact) mass is 1100 g/mol. The average Bonchev–Trinajstić information content (AvgIpc) is 3.90. The van der Waals surface area contributed by atoms with Crippen LogP contribution in [0.25, 0.3) is 0 Å². The molecule has 6 saturated heterocycles. The first-order valence-electron chi connectivity index (χ1n) is 25.7. The Morgan fingerprint density at radius 3 is 1.34 bits per heavy atom. The van der Waals surface area contributed by atoms with E-state index in [1.54, 1.807) is 0 Å². The molecule has 2 spiro atoms. The van der Waals surface area contributed by atoms with Gasteiger partial charge in [-0.2, -0.15) is 52.7 Å². The van der Waals surface area contributed by atoms with Gasteiger partial charge in [0.15, 0.2) is 0 Å². The third kappa shape index (κ3) is 15.3. The molecule has 4 N–H and O–H groups in total. The highest BCUT2D eigenvalue weighted by atomic mass is 19.4. The number of carbonyl (C=O) groups is 3. The van der Waals surface area contributed by atoms with Crippen molar-refractivity contribution in [3.8, 4) is 0 Å². The predicted octanol–water partition coefficient (Wildman–Crippen LogP) is 10.1. The fourth-order valence-corrected chi connectivity index (χ4v) is 11.9. The number of hydrogen-bond acceptors (Lipinski definition) is 10. The summed E-state index contributed by atoms with van der Waals surface area (Å²) in [6, 6.07) is 11.8. The van der Waals surface area contributed by atoms with E-state index >= 15 is 0 Å². The number of hydrogen-bond donors (Lipinski definition) is 4. The van der Waals surface area contributed by atoms with E-state index in [2.05, 4.69) is 49.9 Å². The minimum atomic E-state index is -5.75. The molecule has 2 atom stereocenters. The molecule has 0 aromatic heterocycles. The van der Waals surface area contributed by atoms with Crippen molar-refractivity contribution in [2.45, 2.75) is 177 Å². The van der Waals surface area contributed by atoms with Gasteiger partial charge >= 0.3 is 42.7 Å². The maximum atomic E-state index is 12.8. The summed E-state index contributed by atoms with van der Waals surface area (Å²) in [6.45, 7) is 11.3. The van der Waals surface area contributed by atoms with Crippen LogP contribution >= 0.6 is 0 Å². The van der Waals surface area contributed by atoms with Crippen LogP contribution in [-0.4, -0.2) is 160 Å². The summed E-state index contributed by atoms with van der Waals surface area (Å²) in [5, 5.41) is 30.3. The van der Waals surface area contributed by atoms with E-state index in [1.165, 1.54) is 43.4 Å². The van der Waals surface area contributed by atoms with Crippen molar-refractivity contribution < 1.29 is 87.1 Å². The summed E-state index contributed by atoms with van der Waals surface area (Å²) in [7, 11) is 0. The van der Waals surface area contributed by atoms with Gasteiger partial charge in [0, 0.05) is 61.7 Å². The maximum absolute atomic E-state index is 12.8. The summed E-state index contributed by atoms with van der Waals surface area (Å²) < 4.78 is 147. The highest BCUT2D eigenvalue weighted by Gasteiger charge is 2.60. The van der Waals surface area contributed by atoms with Crippen molar-refractivity contribution in [3.63, 3.8) is 0 Å². The normalized spacial score (nSPS) is 22.6. The van der Waals surface area contributed by atoms with Crippen molar-refractivity contribution in [1.82, 2.24) is 20.0 Å². The van der Waals surface area contributed by atoms with Crippen LogP contribution in [0.2, 0.25) is 0 Å². The second-order valence-corrected chi connectivity index (χ2v) is 21.0. The maximum Gasteiger partial charge on any atom is 0.434 e. The molecule has 6 aliphatic heterocycles. The van der Waals surface area contributed by atoms with Crippen LogP contribution in [0, 0.1) is 13.8 Å². The van der Waals surface area contributed by atoms with Gasteiger partial charge in [0.1, 0.15) is 12.1 Å². The van der Waals surface area contributed by atoms with Gasteiger partial charge in [-0.05, 0) is 176 Å². The smallest absolute Gasteiger partial charge is 0.434 e. The number of rotatable bonds is 9. The lowest BCUT2D eigenvalue weighted by molar-refractivity contribution is -0.309. The minimum absolute atomic E-state index is 0.00902. The number of benzene rings is 2. The van der Waals surface area contributed by atoms with Gasteiger partial charge in [-0.1, -0.05) is 12.1 Å². The minimum Gasteiger partial charge on any atom is -0.480 e. The third-order valence-electron chi connectivity index (χ3n) is 15.6. The molecule has 6 fully saturated rings. The highest BCUT2D eigenvalue weighted by molar-refractivity contribution is 5.79. The number of nitrogens with one attached hydrogen (secondary N) is 1. The van der Waals surface area contributed by atoms with E-state index in [-0.39, 0.29) is 24.7 Å². The SMILES string of the molecule is Cc1cc(CN2CCCC23CCN(C(=O)OC(C(F)(F)F)C(F)(F)F)CC3)cc(N2CCCC[C@H]2C(=O)O)c1.Cc1cc(CN2CCCC23CCNCC3)cc(N2CCCCC2C(=O)O)c1.OC(C(F)(F)F)C(F)(F)F. The molecule has 8 rings (SSSR count). The summed E-state index contributed by atoms with van der Waals surface area (Å²) in [4.78, 5) is 45.7. The van der Waals surface area contributed by atoms with Gasteiger partial charge in [-0.3, -0.25) is 9.80 Å². The number of ether oxygens (including phenoxy) is 1. The number of aliphatic carboxylic acids is 2. The molecule has 2 aromatic rings. The zero-order valence-corrected chi connectivity index (χ0v) is 42.5. The Morgan fingerprint density at radius 1 is 0.566 bits per heavy atom. The van der Waals surface area contributed by atoms with Crippen LogP contribution in [0.1, 0.15) is 112 Å². The number of aliphatic hydroxyl groups is 1. The van der Waals surface area contributed by atoms with Gasteiger partial charge < -0.3 is 40.1 Å². The molecule has 1 amide bonds. The third-order valence-corrected chi connectivity index (χ3v) is 15.6. The van der Waals surface area contributed by atoms with Crippen molar-refractivity contribution >= 4 is 29.4 Å². The van der Waals surface area contributed by atoms with Gasteiger partial charge in [0.25, 0.3) is 6.10 Å².